The second kappa shape index (κ2) is 8.82. The maximum Gasteiger partial charge on any atom is 0.224 e. The molecule has 0 bridgehead atoms. The molecule has 150 valence electrons. The number of nitrogens with one attached hydrogen (secondary N) is 1. The van der Waals surface area contributed by atoms with Crippen LogP contribution in [0.4, 0.5) is 17.5 Å². The van der Waals surface area contributed by atoms with E-state index in [1.54, 1.807) is 7.11 Å². The Hall–Kier alpha value is -3.28. The van der Waals surface area contributed by atoms with Gasteiger partial charge in [-0.1, -0.05) is 24.3 Å². The van der Waals surface area contributed by atoms with Crippen molar-refractivity contribution >= 4 is 17.5 Å². The van der Waals surface area contributed by atoms with Crippen LogP contribution in [-0.2, 0) is 6.54 Å². The number of benzene rings is 2. The molecule has 0 radical (unpaired) electrons. The standard InChI is InChI=1S/C23H27N5O/c1-18-5-3-4-6-19(18)17-25-23-24-12-11-22(26-23)28-15-13-27(14-16-28)20-7-9-21(29-2)10-8-20/h3-12H,13-17H2,1-2H3,(H,24,25,26). The summed E-state index contributed by atoms with van der Waals surface area (Å²) in [6.07, 6.45) is 1.83. The summed E-state index contributed by atoms with van der Waals surface area (Å²) >= 11 is 0. The van der Waals surface area contributed by atoms with E-state index >= 15 is 0 Å². The lowest BCUT2D eigenvalue weighted by Crippen LogP contribution is -2.46. The highest BCUT2D eigenvalue weighted by molar-refractivity contribution is 5.52. The van der Waals surface area contributed by atoms with Crippen molar-refractivity contribution in [2.24, 2.45) is 0 Å². The molecule has 0 aliphatic carbocycles. The monoisotopic (exact) mass is 389 g/mol. The van der Waals surface area contributed by atoms with E-state index in [0.29, 0.717) is 5.95 Å². The molecule has 6 nitrogen and oxygen atoms in total. The first-order valence-corrected chi connectivity index (χ1v) is 9.98. The minimum Gasteiger partial charge on any atom is -0.497 e. The zero-order chi connectivity index (χ0) is 20.1. The lowest BCUT2D eigenvalue weighted by molar-refractivity contribution is 0.415. The van der Waals surface area contributed by atoms with E-state index in [-0.39, 0.29) is 0 Å². The number of aromatic nitrogens is 2. The van der Waals surface area contributed by atoms with Crippen LogP contribution in [0.1, 0.15) is 11.1 Å². The molecule has 6 heteroatoms. The molecule has 2 heterocycles. The van der Waals surface area contributed by atoms with Gasteiger partial charge in [0.05, 0.1) is 7.11 Å². The maximum atomic E-state index is 5.25. The molecule has 4 rings (SSSR count). The zero-order valence-electron chi connectivity index (χ0n) is 17.0. The Labute approximate surface area is 172 Å². The topological polar surface area (TPSA) is 53.5 Å². The Kier molecular flexibility index (Phi) is 5.79. The zero-order valence-corrected chi connectivity index (χ0v) is 17.0. The molecular formula is C23H27N5O. The first-order valence-electron chi connectivity index (χ1n) is 9.98. The van der Waals surface area contributed by atoms with Crippen LogP contribution < -0.4 is 19.9 Å². The van der Waals surface area contributed by atoms with E-state index in [9.17, 15) is 0 Å². The Morgan fingerprint density at radius 3 is 2.38 bits per heavy atom. The SMILES string of the molecule is COc1ccc(N2CCN(c3ccnc(NCc4ccccc4C)n3)CC2)cc1. The van der Waals surface area contributed by atoms with Gasteiger partial charge < -0.3 is 19.9 Å². The van der Waals surface area contributed by atoms with Crippen molar-refractivity contribution in [3.05, 3.63) is 71.9 Å². The molecule has 0 spiro atoms. The fourth-order valence-corrected chi connectivity index (χ4v) is 3.58. The summed E-state index contributed by atoms with van der Waals surface area (Å²) in [7, 11) is 1.69. The first-order chi connectivity index (χ1) is 14.2. The Bertz CT molecular complexity index is 936. The minimum atomic E-state index is 0.670. The Morgan fingerprint density at radius 2 is 1.66 bits per heavy atom. The molecule has 1 fully saturated rings. The molecule has 0 unspecified atom stereocenters. The molecule has 29 heavy (non-hydrogen) atoms. The van der Waals surface area contributed by atoms with Crippen molar-refractivity contribution in [2.45, 2.75) is 13.5 Å². The second-order valence-corrected chi connectivity index (χ2v) is 7.19. The quantitative estimate of drug-likeness (QED) is 0.693. The summed E-state index contributed by atoms with van der Waals surface area (Å²) in [5.74, 6) is 2.53. The summed E-state index contributed by atoms with van der Waals surface area (Å²) in [6.45, 7) is 6.63. The molecule has 3 aromatic rings. The minimum absolute atomic E-state index is 0.670. The van der Waals surface area contributed by atoms with E-state index in [0.717, 1.165) is 44.3 Å². The number of hydrogen-bond acceptors (Lipinski definition) is 6. The summed E-state index contributed by atoms with van der Waals surface area (Å²) < 4.78 is 5.25. The van der Waals surface area contributed by atoms with Crippen LogP contribution in [0.25, 0.3) is 0 Å². The number of methoxy groups -OCH3 is 1. The van der Waals surface area contributed by atoms with Crippen molar-refractivity contribution in [3.63, 3.8) is 0 Å². The lowest BCUT2D eigenvalue weighted by atomic mass is 10.1. The van der Waals surface area contributed by atoms with Gasteiger partial charge in [-0.25, -0.2) is 4.98 Å². The van der Waals surface area contributed by atoms with E-state index in [1.807, 2.05) is 24.4 Å². The maximum absolute atomic E-state index is 5.25. The Balaban J connectivity index is 1.36. The Morgan fingerprint density at radius 1 is 0.931 bits per heavy atom. The smallest absolute Gasteiger partial charge is 0.224 e. The van der Waals surface area contributed by atoms with Crippen LogP contribution in [-0.4, -0.2) is 43.3 Å². The van der Waals surface area contributed by atoms with Gasteiger partial charge in [-0.3, -0.25) is 0 Å². The van der Waals surface area contributed by atoms with Gasteiger partial charge in [0.2, 0.25) is 5.95 Å². The van der Waals surface area contributed by atoms with Crippen LogP contribution in [0.5, 0.6) is 5.75 Å². The average Bonchev–Trinajstić information content (AvgIpc) is 2.79. The predicted molar refractivity (Wildman–Crippen MR) is 118 cm³/mol. The van der Waals surface area contributed by atoms with Crippen molar-refractivity contribution in [2.75, 3.05) is 48.4 Å². The summed E-state index contributed by atoms with van der Waals surface area (Å²) in [4.78, 5) is 13.8. The third-order valence-corrected chi connectivity index (χ3v) is 5.38. The van der Waals surface area contributed by atoms with Crippen LogP contribution in [0.15, 0.2) is 60.8 Å². The van der Waals surface area contributed by atoms with Crippen LogP contribution in [0.3, 0.4) is 0 Å². The number of rotatable bonds is 6. The average molecular weight is 390 g/mol. The molecule has 1 aliphatic heterocycles. The molecule has 0 atom stereocenters. The number of ether oxygens (including phenoxy) is 1. The largest absolute Gasteiger partial charge is 0.497 e. The molecule has 1 aliphatic rings. The third-order valence-electron chi connectivity index (χ3n) is 5.38. The molecule has 1 saturated heterocycles. The molecule has 1 N–H and O–H groups in total. The van der Waals surface area contributed by atoms with Gasteiger partial charge in [0, 0.05) is 44.6 Å². The molecule has 0 saturated carbocycles. The summed E-state index contributed by atoms with van der Waals surface area (Å²) in [6, 6.07) is 18.6. The fourth-order valence-electron chi connectivity index (χ4n) is 3.58. The lowest BCUT2D eigenvalue weighted by Gasteiger charge is -2.36. The highest BCUT2D eigenvalue weighted by atomic mass is 16.5. The molecule has 0 amide bonds. The molecular weight excluding hydrogens is 362 g/mol. The molecule has 2 aromatic carbocycles. The van der Waals surface area contributed by atoms with Gasteiger partial charge in [-0.05, 0) is 48.4 Å². The number of aryl methyl sites for hydroxylation is 1. The highest BCUT2D eigenvalue weighted by Crippen LogP contribution is 2.22. The van der Waals surface area contributed by atoms with Gasteiger partial charge in [0.25, 0.3) is 0 Å². The van der Waals surface area contributed by atoms with Gasteiger partial charge in [-0.15, -0.1) is 0 Å². The van der Waals surface area contributed by atoms with Crippen molar-refractivity contribution in [1.82, 2.24) is 9.97 Å². The van der Waals surface area contributed by atoms with Gasteiger partial charge in [0.1, 0.15) is 11.6 Å². The van der Waals surface area contributed by atoms with Crippen molar-refractivity contribution in [1.29, 1.82) is 0 Å². The van der Waals surface area contributed by atoms with Gasteiger partial charge in [-0.2, -0.15) is 4.98 Å². The number of nitrogens with zero attached hydrogens (tertiary/aromatic N) is 4. The number of hydrogen-bond donors (Lipinski definition) is 1. The fraction of sp³-hybridized carbons (Fsp3) is 0.304. The first kappa shape index (κ1) is 19.1. The van der Waals surface area contributed by atoms with Gasteiger partial charge in [0.15, 0.2) is 0 Å². The third kappa shape index (κ3) is 4.59. The second-order valence-electron chi connectivity index (χ2n) is 7.19. The normalized spacial score (nSPS) is 14.0. The summed E-state index contributed by atoms with van der Waals surface area (Å²) in [5.41, 5.74) is 3.76. The van der Waals surface area contributed by atoms with Crippen molar-refractivity contribution < 1.29 is 4.74 Å². The van der Waals surface area contributed by atoms with Gasteiger partial charge >= 0.3 is 0 Å². The van der Waals surface area contributed by atoms with E-state index in [2.05, 4.69) is 63.4 Å². The van der Waals surface area contributed by atoms with E-state index < -0.39 is 0 Å². The van der Waals surface area contributed by atoms with E-state index in [4.69, 9.17) is 9.72 Å². The van der Waals surface area contributed by atoms with E-state index in [1.165, 1.54) is 16.8 Å². The van der Waals surface area contributed by atoms with Crippen molar-refractivity contribution in [3.8, 4) is 5.75 Å². The highest BCUT2D eigenvalue weighted by Gasteiger charge is 2.19. The molecule has 1 aromatic heterocycles. The van der Waals surface area contributed by atoms with Crippen LogP contribution in [0.2, 0.25) is 0 Å². The number of piperazine rings is 1. The summed E-state index contributed by atoms with van der Waals surface area (Å²) in [5, 5.41) is 3.36. The van der Waals surface area contributed by atoms with Crippen LogP contribution >= 0.6 is 0 Å². The number of anilines is 3. The predicted octanol–water partition coefficient (Wildman–Crippen LogP) is 3.73. The van der Waals surface area contributed by atoms with Crippen LogP contribution in [0, 0.1) is 6.92 Å².